The van der Waals surface area contributed by atoms with Crippen LogP contribution in [0.3, 0.4) is 0 Å². The Bertz CT molecular complexity index is 446. The number of alkyl halides is 3. The van der Waals surface area contributed by atoms with Crippen LogP contribution in [0.5, 0.6) is 0 Å². The molecule has 21 heavy (non-hydrogen) atoms. The normalized spacial score (nSPS) is 11.5. The van der Waals surface area contributed by atoms with Crippen molar-refractivity contribution >= 4 is 5.91 Å². The van der Waals surface area contributed by atoms with Crippen LogP contribution < -0.4 is 0 Å². The van der Waals surface area contributed by atoms with Crippen molar-refractivity contribution in [3.05, 3.63) is 35.4 Å². The van der Waals surface area contributed by atoms with Crippen LogP contribution in [0.2, 0.25) is 0 Å². The van der Waals surface area contributed by atoms with Gasteiger partial charge in [0.1, 0.15) is 6.61 Å². The summed E-state index contributed by atoms with van der Waals surface area (Å²) >= 11 is 0. The number of carbonyl (C=O) groups excluding carboxylic acids is 1. The molecule has 1 aromatic rings. The Morgan fingerprint density at radius 3 is 2.33 bits per heavy atom. The van der Waals surface area contributed by atoms with Gasteiger partial charge in [0, 0.05) is 20.7 Å². The third kappa shape index (κ3) is 6.14. The van der Waals surface area contributed by atoms with Gasteiger partial charge < -0.3 is 14.4 Å². The number of hydrogen-bond donors (Lipinski definition) is 0. The minimum absolute atomic E-state index is 0.0828. The van der Waals surface area contributed by atoms with Gasteiger partial charge in [-0.1, -0.05) is 12.1 Å². The van der Waals surface area contributed by atoms with E-state index in [-0.39, 0.29) is 19.1 Å². The number of likely N-dealkylation sites (N-methyl/N-ethyl adjacent to an activating group) is 1. The summed E-state index contributed by atoms with van der Waals surface area (Å²) < 4.78 is 47.1. The highest BCUT2D eigenvalue weighted by atomic mass is 19.4. The molecule has 0 spiro atoms. The molecule has 1 rings (SSSR count). The average molecular weight is 305 g/mol. The van der Waals surface area contributed by atoms with Crippen molar-refractivity contribution in [2.24, 2.45) is 0 Å². The summed E-state index contributed by atoms with van der Waals surface area (Å²) in [7, 11) is 3.10. The molecule has 118 valence electrons. The first-order valence-electron chi connectivity index (χ1n) is 6.31. The van der Waals surface area contributed by atoms with E-state index in [1.807, 2.05) is 0 Å². The number of hydrogen-bond acceptors (Lipinski definition) is 3. The Kier molecular flexibility index (Phi) is 6.64. The second-order valence-electron chi connectivity index (χ2n) is 4.49. The van der Waals surface area contributed by atoms with E-state index in [9.17, 15) is 18.0 Å². The minimum Gasteiger partial charge on any atom is -0.382 e. The maximum absolute atomic E-state index is 12.4. The number of carbonyl (C=O) groups is 1. The monoisotopic (exact) mass is 305 g/mol. The first-order chi connectivity index (χ1) is 9.84. The van der Waals surface area contributed by atoms with Crippen LogP contribution in [-0.4, -0.2) is 44.8 Å². The molecule has 0 aliphatic carbocycles. The van der Waals surface area contributed by atoms with E-state index in [0.717, 1.165) is 12.1 Å². The van der Waals surface area contributed by atoms with Crippen LogP contribution in [0.4, 0.5) is 13.2 Å². The lowest BCUT2D eigenvalue weighted by Crippen LogP contribution is -2.30. The first-order valence-corrected chi connectivity index (χ1v) is 6.31. The predicted octanol–water partition coefficient (Wildman–Crippen LogP) is 2.33. The molecule has 1 amide bonds. The van der Waals surface area contributed by atoms with Crippen LogP contribution in [0, 0.1) is 0 Å². The van der Waals surface area contributed by atoms with Gasteiger partial charge in [0.2, 0.25) is 5.91 Å². The molecule has 1 aromatic carbocycles. The van der Waals surface area contributed by atoms with Gasteiger partial charge in [-0.05, 0) is 17.7 Å². The van der Waals surface area contributed by atoms with Crippen LogP contribution in [0.25, 0.3) is 0 Å². The lowest BCUT2D eigenvalue weighted by Gasteiger charge is -2.17. The zero-order valence-corrected chi connectivity index (χ0v) is 11.9. The number of nitrogens with zero attached hydrogens (tertiary/aromatic N) is 1. The highest BCUT2D eigenvalue weighted by Crippen LogP contribution is 2.29. The largest absolute Gasteiger partial charge is 0.416 e. The molecule has 0 saturated heterocycles. The van der Waals surface area contributed by atoms with Gasteiger partial charge in [0.25, 0.3) is 0 Å². The van der Waals surface area contributed by atoms with E-state index in [2.05, 4.69) is 0 Å². The van der Waals surface area contributed by atoms with Gasteiger partial charge in [-0.25, -0.2) is 0 Å². The Morgan fingerprint density at radius 2 is 1.81 bits per heavy atom. The van der Waals surface area contributed by atoms with Gasteiger partial charge in [0.15, 0.2) is 0 Å². The van der Waals surface area contributed by atoms with Gasteiger partial charge in [-0.2, -0.15) is 13.2 Å². The fourth-order valence-electron chi connectivity index (χ4n) is 1.57. The summed E-state index contributed by atoms with van der Waals surface area (Å²) in [6.45, 7) is 0.858. The fraction of sp³-hybridized carbons (Fsp3) is 0.500. The smallest absolute Gasteiger partial charge is 0.382 e. The summed E-state index contributed by atoms with van der Waals surface area (Å²) in [6.07, 6.45) is -4.35. The molecule has 0 aromatic heterocycles. The molecule has 0 atom stereocenters. The van der Waals surface area contributed by atoms with Crippen molar-refractivity contribution < 1.29 is 27.4 Å². The summed E-state index contributed by atoms with van der Waals surface area (Å²) in [6, 6.07) is 4.72. The average Bonchev–Trinajstić information content (AvgIpc) is 2.43. The molecule has 0 radical (unpaired) electrons. The summed E-state index contributed by atoms with van der Waals surface area (Å²) in [5.41, 5.74) is -0.0844. The van der Waals surface area contributed by atoms with Crippen LogP contribution in [0.15, 0.2) is 24.3 Å². The van der Waals surface area contributed by atoms with E-state index in [1.54, 1.807) is 7.05 Å². The van der Waals surface area contributed by atoms with Crippen LogP contribution >= 0.6 is 0 Å². The van der Waals surface area contributed by atoms with E-state index in [4.69, 9.17) is 9.47 Å². The molecule has 0 bridgehead atoms. The van der Waals surface area contributed by atoms with Crippen molar-refractivity contribution in [1.82, 2.24) is 4.90 Å². The van der Waals surface area contributed by atoms with E-state index in [1.165, 1.54) is 24.1 Å². The standard InChI is InChI=1S/C14H18F3NO3/c1-18(13(19)10-21-8-7-20-2)9-11-3-5-12(6-4-11)14(15,16)17/h3-6H,7-10H2,1-2H3. The number of ether oxygens (including phenoxy) is 2. The minimum atomic E-state index is -4.35. The predicted molar refractivity (Wildman–Crippen MR) is 70.6 cm³/mol. The molecule has 0 saturated carbocycles. The van der Waals surface area contributed by atoms with Gasteiger partial charge >= 0.3 is 6.18 Å². The topological polar surface area (TPSA) is 38.8 Å². The maximum Gasteiger partial charge on any atom is 0.416 e. The molecule has 0 fully saturated rings. The number of amides is 1. The first kappa shape index (κ1) is 17.5. The number of methoxy groups -OCH3 is 1. The Morgan fingerprint density at radius 1 is 1.19 bits per heavy atom. The number of benzene rings is 1. The zero-order chi connectivity index (χ0) is 15.9. The fourth-order valence-corrected chi connectivity index (χ4v) is 1.57. The molecular formula is C14H18F3NO3. The molecule has 4 nitrogen and oxygen atoms in total. The molecule has 0 unspecified atom stereocenters. The van der Waals surface area contributed by atoms with Crippen LogP contribution in [-0.2, 0) is 27.0 Å². The molecular weight excluding hydrogens is 287 g/mol. The van der Waals surface area contributed by atoms with E-state index in [0.29, 0.717) is 18.8 Å². The Labute approximate surface area is 121 Å². The Hall–Kier alpha value is -1.60. The summed E-state index contributed by atoms with van der Waals surface area (Å²) in [4.78, 5) is 13.1. The van der Waals surface area contributed by atoms with Crippen molar-refractivity contribution in [1.29, 1.82) is 0 Å². The maximum atomic E-state index is 12.4. The molecule has 0 heterocycles. The number of rotatable bonds is 7. The molecule has 0 aliphatic rings. The second kappa shape index (κ2) is 7.99. The third-order valence-corrected chi connectivity index (χ3v) is 2.78. The molecule has 0 aliphatic heterocycles. The van der Waals surface area contributed by atoms with E-state index >= 15 is 0 Å². The van der Waals surface area contributed by atoms with Gasteiger partial charge in [0.05, 0.1) is 18.8 Å². The third-order valence-electron chi connectivity index (χ3n) is 2.78. The molecule has 7 heteroatoms. The van der Waals surface area contributed by atoms with E-state index < -0.39 is 11.7 Å². The van der Waals surface area contributed by atoms with Gasteiger partial charge in [-0.15, -0.1) is 0 Å². The van der Waals surface area contributed by atoms with Gasteiger partial charge in [-0.3, -0.25) is 4.79 Å². The van der Waals surface area contributed by atoms with Crippen molar-refractivity contribution in [3.8, 4) is 0 Å². The highest BCUT2D eigenvalue weighted by Gasteiger charge is 2.29. The molecule has 0 N–H and O–H groups in total. The van der Waals surface area contributed by atoms with Crippen molar-refractivity contribution in [3.63, 3.8) is 0 Å². The van der Waals surface area contributed by atoms with Crippen molar-refractivity contribution in [2.45, 2.75) is 12.7 Å². The lowest BCUT2D eigenvalue weighted by molar-refractivity contribution is -0.138. The summed E-state index contributed by atoms with van der Waals surface area (Å²) in [5.74, 6) is -0.244. The quantitative estimate of drug-likeness (QED) is 0.726. The SMILES string of the molecule is COCCOCC(=O)N(C)Cc1ccc(C(F)(F)F)cc1. The highest BCUT2D eigenvalue weighted by molar-refractivity contribution is 5.77. The summed E-state index contributed by atoms with van der Waals surface area (Å²) in [5, 5.41) is 0. The Balaban J connectivity index is 2.47. The lowest BCUT2D eigenvalue weighted by atomic mass is 10.1. The number of halogens is 3. The van der Waals surface area contributed by atoms with Crippen molar-refractivity contribution in [2.75, 3.05) is 34.0 Å². The van der Waals surface area contributed by atoms with Crippen LogP contribution in [0.1, 0.15) is 11.1 Å². The second-order valence-corrected chi connectivity index (χ2v) is 4.49. The zero-order valence-electron chi connectivity index (χ0n) is 11.9.